The molecule has 0 bridgehead atoms. The van der Waals surface area contributed by atoms with Crippen LogP contribution >= 0.6 is 68.8 Å². The van der Waals surface area contributed by atoms with Crippen molar-refractivity contribution in [3.05, 3.63) is 157 Å². The van der Waals surface area contributed by atoms with Gasteiger partial charge in [0.1, 0.15) is 54.3 Å². The Balaban J connectivity index is 0.000000118. The number of thiazole rings is 3. The van der Waals surface area contributed by atoms with Gasteiger partial charge in [-0.05, 0) is 91.5 Å². The monoisotopic (exact) mass is 1360 g/mol. The molecule has 0 saturated carbocycles. The third-order valence-corrected chi connectivity index (χ3v) is 15.9. The van der Waals surface area contributed by atoms with E-state index in [0.717, 1.165) is 48.4 Å². The van der Waals surface area contributed by atoms with E-state index >= 15 is 0 Å². The molecule has 15 heterocycles. The highest BCUT2D eigenvalue weighted by molar-refractivity contribution is 7.10. The second-order valence-electron chi connectivity index (χ2n) is 18.7. The molecule has 0 amide bonds. The molecule has 0 saturated heterocycles. The second-order valence-corrected chi connectivity index (χ2v) is 22.6. The standard InChI is InChI=1S/C12H11ClN6.C12H13N5O3.C11H10ClN5S.C10H9ClN6S.C9H7FN6S/c1-7(8-2-4-14-5-3-8)17-11-9-10(16-6-15-9)18-12(13)19-11;1-18-11-14-8-9(13-6-7-4-3-5-20-7)15-12(19-2)17-10(8)16-11;1-6(10-14-4-5-18-10)15-9-7-2-3-13-8(7)16-11(12)17-9;1-5(9-12-2-3-18-9)15-8-6-7(14-4-13-6)16-10(11)17-8;10-9-15-7(6-8(16-9)14-4-13-6)12-3-5-11-1-2-17-5/h2-7H,1H3,(H2,15,16,17,18,19);3-5H,6H2,1-2H3,(H2,13,14,15,16,17);2-6H,1H3,(H2,13,15,16,17);2-5H,1H3,(H2,13,14,15,16,17);1-2,4H,3H2,(H2,12,13,14,15,16). The van der Waals surface area contributed by atoms with Gasteiger partial charge in [0.05, 0.1) is 76.1 Å². The van der Waals surface area contributed by atoms with Gasteiger partial charge in [-0.2, -0.15) is 54.2 Å². The van der Waals surface area contributed by atoms with E-state index in [9.17, 15) is 4.39 Å². The summed E-state index contributed by atoms with van der Waals surface area (Å²) < 4.78 is 28.5. The van der Waals surface area contributed by atoms with Crippen molar-refractivity contribution in [2.24, 2.45) is 0 Å². The van der Waals surface area contributed by atoms with Crippen molar-refractivity contribution in [3.63, 3.8) is 0 Å². The van der Waals surface area contributed by atoms with Crippen LogP contribution in [0.25, 0.3) is 55.7 Å². The largest absolute Gasteiger partial charge is 0.468 e. The zero-order valence-corrected chi connectivity index (χ0v) is 53.3. The molecule has 38 heteroatoms. The number of ether oxygens (including phenoxy) is 2. The molecular formula is C54H50Cl3FN28O3S3. The number of pyridine rings is 1. The summed E-state index contributed by atoms with van der Waals surface area (Å²) in [5, 5.41) is 26.1. The van der Waals surface area contributed by atoms with Crippen molar-refractivity contribution in [1.82, 2.24) is 115 Å². The number of aromatic nitrogens is 23. The van der Waals surface area contributed by atoms with E-state index in [1.807, 2.05) is 73.4 Å². The number of methoxy groups -OCH3 is 2. The minimum absolute atomic E-state index is 0.0440. The average Bonchev–Trinajstić information content (AvgIpc) is 1.95. The predicted molar refractivity (Wildman–Crippen MR) is 349 cm³/mol. The zero-order chi connectivity index (χ0) is 63.9. The normalized spacial score (nSPS) is 11.9. The fraction of sp³-hybridized carbons (Fsp3) is 0.185. The number of rotatable bonds is 17. The summed E-state index contributed by atoms with van der Waals surface area (Å²) in [5.41, 5.74) is 6.41. The Labute approximate surface area is 545 Å². The molecule has 470 valence electrons. The van der Waals surface area contributed by atoms with Gasteiger partial charge in [-0.25, -0.2) is 34.9 Å². The van der Waals surface area contributed by atoms with Crippen molar-refractivity contribution < 1.29 is 18.3 Å². The van der Waals surface area contributed by atoms with Gasteiger partial charge in [0.15, 0.2) is 45.9 Å². The lowest BCUT2D eigenvalue weighted by Gasteiger charge is -2.14. The molecule has 31 nitrogen and oxygen atoms in total. The lowest BCUT2D eigenvalue weighted by molar-refractivity contribution is 0.381. The number of halogens is 4. The third kappa shape index (κ3) is 15.9. The number of fused-ring (bicyclic) bond motifs is 5. The van der Waals surface area contributed by atoms with Crippen LogP contribution in [-0.4, -0.2) is 129 Å². The Morgan fingerprint density at radius 1 is 0.533 bits per heavy atom. The minimum atomic E-state index is -0.800. The van der Waals surface area contributed by atoms with E-state index in [4.69, 9.17) is 48.7 Å². The van der Waals surface area contributed by atoms with E-state index < -0.39 is 6.08 Å². The number of imidazole rings is 4. The maximum Gasteiger partial charge on any atom is 0.320 e. The molecule has 15 aromatic rings. The van der Waals surface area contributed by atoms with Crippen LogP contribution in [0.1, 0.15) is 65.2 Å². The number of nitrogens with zero attached hydrogens (tertiary/aromatic N) is 18. The van der Waals surface area contributed by atoms with Crippen molar-refractivity contribution in [1.29, 1.82) is 0 Å². The topological polar surface area (TPSA) is 403 Å². The summed E-state index contributed by atoms with van der Waals surface area (Å²) in [4.78, 5) is 88.1. The first-order chi connectivity index (χ1) is 44.8. The Morgan fingerprint density at radius 2 is 1.11 bits per heavy atom. The summed E-state index contributed by atoms with van der Waals surface area (Å²) in [7, 11) is 3.03. The van der Waals surface area contributed by atoms with Gasteiger partial charge in [0.2, 0.25) is 15.9 Å². The molecule has 3 unspecified atom stereocenters. The number of hydrogen-bond acceptors (Lipinski definition) is 29. The molecule has 92 heavy (non-hydrogen) atoms. The average molecular weight is 1360 g/mol. The number of furan rings is 1. The Kier molecular flexibility index (Phi) is 20.5. The highest BCUT2D eigenvalue weighted by Crippen LogP contribution is 2.29. The molecule has 0 spiro atoms. The summed E-state index contributed by atoms with van der Waals surface area (Å²) in [6.07, 6.45) is 16.0. The van der Waals surface area contributed by atoms with Crippen LogP contribution in [-0.2, 0) is 13.1 Å². The summed E-state index contributed by atoms with van der Waals surface area (Å²) >= 11 is 22.3. The molecule has 0 radical (unpaired) electrons. The van der Waals surface area contributed by atoms with E-state index in [1.54, 1.807) is 72.6 Å². The minimum Gasteiger partial charge on any atom is -0.468 e. The maximum atomic E-state index is 13.1. The van der Waals surface area contributed by atoms with Crippen LogP contribution < -0.4 is 36.1 Å². The first-order valence-corrected chi connectivity index (χ1v) is 30.9. The van der Waals surface area contributed by atoms with E-state index in [0.29, 0.717) is 81.8 Å². The van der Waals surface area contributed by atoms with E-state index in [-0.39, 0.29) is 40.0 Å². The van der Waals surface area contributed by atoms with Gasteiger partial charge in [-0.1, -0.05) is 0 Å². The predicted octanol–water partition coefficient (Wildman–Crippen LogP) is 11.6. The Morgan fingerprint density at radius 3 is 1.71 bits per heavy atom. The molecule has 0 aliphatic carbocycles. The van der Waals surface area contributed by atoms with Crippen molar-refractivity contribution in [2.45, 2.75) is 52.0 Å². The lowest BCUT2D eigenvalue weighted by Crippen LogP contribution is -2.09. The Bertz CT molecular complexity index is 4650. The smallest absolute Gasteiger partial charge is 0.320 e. The highest BCUT2D eigenvalue weighted by atomic mass is 35.5. The molecule has 10 N–H and O–H groups in total. The summed E-state index contributed by atoms with van der Waals surface area (Å²) in [6, 6.07) is 10.3. The molecule has 0 aliphatic heterocycles. The molecule has 0 aliphatic rings. The van der Waals surface area contributed by atoms with Crippen LogP contribution in [0.3, 0.4) is 0 Å². The number of aromatic amines is 5. The Hall–Kier alpha value is -10.5. The van der Waals surface area contributed by atoms with Crippen LogP contribution in [0.4, 0.5) is 33.5 Å². The summed E-state index contributed by atoms with van der Waals surface area (Å²) in [5.74, 6) is 3.73. The summed E-state index contributed by atoms with van der Waals surface area (Å²) in [6.45, 7) is 7.06. The van der Waals surface area contributed by atoms with Crippen LogP contribution in [0.15, 0.2) is 113 Å². The van der Waals surface area contributed by atoms with Crippen LogP contribution in [0.2, 0.25) is 15.9 Å². The van der Waals surface area contributed by atoms with Crippen molar-refractivity contribution in [3.8, 4) is 12.0 Å². The van der Waals surface area contributed by atoms with Crippen molar-refractivity contribution >= 4 is 154 Å². The molecule has 0 aromatic carbocycles. The van der Waals surface area contributed by atoms with Gasteiger partial charge in [-0.3, -0.25) is 4.98 Å². The van der Waals surface area contributed by atoms with Gasteiger partial charge in [0, 0.05) is 53.3 Å². The lowest BCUT2D eigenvalue weighted by atomic mass is 10.1. The number of anilines is 5. The first kappa shape index (κ1) is 63.1. The van der Waals surface area contributed by atoms with Gasteiger partial charge < -0.3 is 65.4 Å². The first-order valence-electron chi connectivity index (χ1n) is 27.2. The van der Waals surface area contributed by atoms with Crippen molar-refractivity contribution in [2.75, 3.05) is 40.8 Å². The van der Waals surface area contributed by atoms with E-state index in [2.05, 4.69) is 141 Å². The zero-order valence-electron chi connectivity index (χ0n) is 48.5. The third-order valence-electron chi connectivity index (χ3n) is 12.7. The van der Waals surface area contributed by atoms with E-state index in [1.165, 1.54) is 31.9 Å². The molecule has 15 rings (SSSR count). The molecule has 15 aromatic heterocycles. The highest BCUT2D eigenvalue weighted by Gasteiger charge is 2.18. The SMILES string of the molecule is CC(Nc1nc(Cl)nc2[nH]ccc12)c1nccs1.CC(Nc1nc(Cl)nc2nc[nH]c12)c1ccncc1.CC(Nc1nc(Cl)nc2nc[nH]c12)c1nccs1.COc1nc(NCc2ccco2)c2[nH]c(OC)nc2n1.Fc1nc(NCc2nccs2)c2[nH]cnc2n1. The number of nitrogens with one attached hydrogen (secondary N) is 10. The maximum absolute atomic E-state index is 13.1. The van der Waals surface area contributed by atoms with Gasteiger partial charge in [0.25, 0.3) is 6.01 Å². The number of hydrogen-bond donors (Lipinski definition) is 10. The van der Waals surface area contributed by atoms with Gasteiger partial charge in [-0.15, -0.1) is 34.0 Å². The molecule has 0 fully saturated rings. The van der Waals surface area contributed by atoms with Crippen LogP contribution in [0, 0.1) is 6.08 Å². The fourth-order valence-corrected chi connectivity index (χ4v) is 10.8. The molecule has 3 atom stereocenters. The van der Waals surface area contributed by atoms with Gasteiger partial charge >= 0.3 is 12.1 Å². The quantitative estimate of drug-likeness (QED) is 0.0379. The number of H-pyrrole nitrogens is 5. The fourth-order valence-electron chi connectivity index (χ4n) is 8.41. The second kappa shape index (κ2) is 29.9. The molecular weight excluding hydrogens is 1310 g/mol. The van der Waals surface area contributed by atoms with Crippen LogP contribution in [0.5, 0.6) is 12.0 Å².